The van der Waals surface area contributed by atoms with Crippen molar-refractivity contribution in [2.24, 2.45) is 5.92 Å². The zero-order valence-electron chi connectivity index (χ0n) is 11.6. The first kappa shape index (κ1) is 12.9. The maximum absolute atomic E-state index is 12.1. The minimum atomic E-state index is -0.110. The lowest BCUT2D eigenvalue weighted by molar-refractivity contribution is -0.145. The van der Waals surface area contributed by atoms with Gasteiger partial charge in [-0.15, -0.1) is 0 Å². The number of esters is 1. The Morgan fingerprint density at radius 1 is 1.20 bits per heavy atom. The number of hydrogen-bond donors (Lipinski definition) is 0. The minimum Gasteiger partial charge on any atom is -0.466 e. The number of ether oxygens (including phenoxy) is 1. The standard InChI is InChI=1S/C18H18O2/c1-2-20-18(19)17-12-6-11-16(17)15-10-5-8-13-7-3-4-9-14(13)15/h3-5,7-11,17H,2,6,12H2,1H3. The quantitative estimate of drug-likeness (QED) is 0.778. The summed E-state index contributed by atoms with van der Waals surface area (Å²) in [6, 6.07) is 14.6. The van der Waals surface area contributed by atoms with Crippen LogP contribution >= 0.6 is 0 Å². The van der Waals surface area contributed by atoms with Gasteiger partial charge in [0.2, 0.25) is 0 Å². The van der Waals surface area contributed by atoms with E-state index in [0.717, 1.165) is 18.4 Å². The van der Waals surface area contributed by atoms with E-state index in [1.165, 1.54) is 16.3 Å². The van der Waals surface area contributed by atoms with Crippen molar-refractivity contribution in [3.05, 3.63) is 54.1 Å². The average Bonchev–Trinajstić information content (AvgIpc) is 2.96. The molecule has 0 bridgehead atoms. The monoisotopic (exact) mass is 266 g/mol. The molecule has 2 nitrogen and oxygen atoms in total. The molecule has 2 aromatic rings. The van der Waals surface area contributed by atoms with Crippen LogP contribution in [0.4, 0.5) is 0 Å². The van der Waals surface area contributed by atoms with Gasteiger partial charge in [0, 0.05) is 0 Å². The normalized spacial score (nSPS) is 18.1. The van der Waals surface area contributed by atoms with E-state index in [-0.39, 0.29) is 11.9 Å². The smallest absolute Gasteiger partial charge is 0.313 e. The highest BCUT2D eigenvalue weighted by Crippen LogP contribution is 2.37. The van der Waals surface area contributed by atoms with E-state index >= 15 is 0 Å². The molecule has 0 fully saturated rings. The van der Waals surface area contributed by atoms with E-state index < -0.39 is 0 Å². The summed E-state index contributed by atoms with van der Waals surface area (Å²) in [6.07, 6.45) is 3.99. The van der Waals surface area contributed by atoms with E-state index in [9.17, 15) is 4.79 Å². The van der Waals surface area contributed by atoms with Crippen molar-refractivity contribution in [3.8, 4) is 0 Å². The predicted molar refractivity (Wildman–Crippen MR) is 81.3 cm³/mol. The number of rotatable bonds is 3. The van der Waals surface area contributed by atoms with Crippen molar-refractivity contribution in [1.29, 1.82) is 0 Å². The van der Waals surface area contributed by atoms with Crippen LogP contribution in [0, 0.1) is 5.92 Å². The number of benzene rings is 2. The fraction of sp³-hybridized carbons (Fsp3) is 0.278. The van der Waals surface area contributed by atoms with Crippen LogP contribution in [0.25, 0.3) is 16.3 Å². The molecule has 0 aromatic heterocycles. The average molecular weight is 266 g/mol. The predicted octanol–water partition coefficient (Wildman–Crippen LogP) is 4.20. The molecule has 2 heteroatoms. The van der Waals surface area contributed by atoms with Crippen molar-refractivity contribution >= 4 is 22.3 Å². The summed E-state index contributed by atoms with van der Waals surface area (Å²) in [5.74, 6) is -0.204. The molecule has 20 heavy (non-hydrogen) atoms. The molecule has 0 spiro atoms. The van der Waals surface area contributed by atoms with Gasteiger partial charge in [0.05, 0.1) is 12.5 Å². The van der Waals surface area contributed by atoms with Crippen molar-refractivity contribution in [2.45, 2.75) is 19.8 Å². The minimum absolute atomic E-state index is 0.0933. The largest absolute Gasteiger partial charge is 0.466 e. The topological polar surface area (TPSA) is 26.3 Å². The van der Waals surface area contributed by atoms with Gasteiger partial charge in [-0.2, -0.15) is 0 Å². The maximum Gasteiger partial charge on any atom is 0.313 e. The summed E-state index contributed by atoms with van der Waals surface area (Å²) < 4.78 is 5.21. The second-order valence-corrected chi connectivity index (χ2v) is 5.07. The molecule has 1 unspecified atom stereocenters. The number of fused-ring (bicyclic) bond motifs is 1. The molecule has 0 saturated heterocycles. The van der Waals surface area contributed by atoms with Gasteiger partial charge in [0.25, 0.3) is 0 Å². The lowest BCUT2D eigenvalue weighted by atomic mass is 9.91. The molecule has 1 atom stereocenters. The molecule has 3 rings (SSSR count). The van der Waals surface area contributed by atoms with Crippen LogP contribution in [0.3, 0.4) is 0 Å². The molecule has 2 aromatic carbocycles. The number of allylic oxidation sites excluding steroid dienone is 1. The van der Waals surface area contributed by atoms with Crippen LogP contribution in [-0.4, -0.2) is 12.6 Å². The van der Waals surface area contributed by atoms with Gasteiger partial charge in [0.15, 0.2) is 0 Å². The molecule has 0 N–H and O–H groups in total. The molecule has 102 valence electrons. The molecular weight excluding hydrogens is 248 g/mol. The van der Waals surface area contributed by atoms with Crippen molar-refractivity contribution < 1.29 is 9.53 Å². The first-order chi connectivity index (χ1) is 9.81. The molecular formula is C18H18O2. The Morgan fingerprint density at radius 2 is 2.00 bits per heavy atom. The SMILES string of the molecule is CCOC(=O)C1CCC=C1c1cccc2ccccc12. The molecule has 0 amide bonds. The Kier molecular flexibility index (Phi) is 3.55. The van der Waals surface area contributed by atoms with Gasteiger partial charge in [-0.05, 0) is 41.7 Å². The number of hydrogen-bond acceptors (Lipinski definition) is 2. The zero-order chi connectivity index (χ0) is 13.9. The fourth-order valence-corrected chi connectivity index (χ4v) is 2.97. The summed E-state index contributed by atoms with van der Waals surface area (Å²) >= 11 is 0. The second kappa shape index (κ2) is 5.49. The molecule has 0 aliphatic heterocycles. The third-order valence-electron chi connectivity index (χ3n) is 3.87. The maximum atomic E-state index is 12.1. The highest BCUT2D eigenvalue weighted by Gasteiger charge is 2.29. The van der Waals surface area contributed by atoms with E-state index in [4.69, 9.17) is 4.74 Å². The number of carbonyl (C=O) groups excluding carboxylic acids is 1. The van der Waals surface area contributed by atoms with Crippen molar-refractivity contribution in [1.82, 2.24) is 0 Å². The van der Waals surface area contributed by atoms with Crippen LogP contribution in [-0.2, 0) is 9.53 Å². The Balaban J connectivity index is 2.04. The van der Waals surface area contributed by atoms with Gasteiger partial charge in [-0.1, -0.05) is 48.5 Å². The summed E-state index contributed by atoms with van der Waals surface area (Å²) in [4.78, 5) is 12.1. The van der Waals surface area contributed by atoms with Gasteiger partial charge in [0.1, 0.15) is 0 Å². The lowest BCUT2D eigenvalue weighted by Crippen LogP contribution is -2.16. The van der Waals surface area contributed by atoms with E-state index in [1.54, 1.807) is 0 Å². The highest BCUT2D eigenvalue weighted by atomic mass is 16.5. The van der Waals surface area contributed by atoms with Crippen LogP contribution in [0.2, 0.25) is 0 Å². The van der Waals surface area contributed by atoms with Crippen LogP contribution in [0.1, 0.15) is 25.3 Å². The van der Waals surface area contributed by atoms with Crippen LogP contribution in [0.15, 0.2) is 48.5 Å². The Bertz CT molecular complexity index is 665. The lowest BCUT2D eigenvalue weighted by Gasteiger charge is -2.15. The summed E-state index contributed by atoms with van der Waals surface area (Å²) in [7, 11) is 0. The number of carbonyl (C=O) groups is 1. The van der Waals surface area contributed by atoms with E-state index in [2.05, 4.69) is 36.4 Å². The third-order valence-corrected chi connectivity index (χ3v) is 3.87. The molecule has 1 aliphatic rings. The molecule has 1 aliphatic carbocycles. The van der Waals surface area contributed by atoms with Crippen LogP contribution < -0.4 is 0 Å². The van der Waals surface area contributed by atoms with Gasteiger partial charge in [-0.3, -0.25) is 4.79 Å². The summed E-state index contributed by atoms with van der Waals surface area (Å²) in [5.41, 5.74) is 2.29. The Labute approximate surface area is 119 Å². The van der Waals surface area contributed by atoms with Gasteiger partial charge >= 0.3 is 5.97 Å². The van der Waals surface area contributed by atoms with Crippen molar-refractivity contribution in [2.75, 3.05) is 6.61 Å². The summed E-state index contributed by atoms with van der Waals surface area (Å²) in [6.45, 7) is 2.30. The first-order valence-electron chi connectivity index (χ1n) is 7.16. The second-order valence-electron chi connectivity index (χ2n) is 5.07. The van der Waals surface area contributed by atoms with Gasteiger partial charge in [-0.25, -0.2) is 0 Å². The highest BCUT2D eigenvalue weighted by molar-refractivity contribution is 5.99. The van der Waals surface area contributed by atoms with E-state index in [1.807, 2.05) is 19.1 Å². The zero-order valence-corrected chi connectivity index (χ0v) is 11.6. The van der Waals surface area contributed by atoms with Crippen LogP contribution in [0.5, 0.6) is 0 Å². The molecule has 0 radical (unpaired) electrons. The Morgan fingerprint density at radius 3 is 2.85 bits per heavy atom. The molecule has 0 heterocycles. The summed E-state index contributed by atoms with van der Waals surface area (Å²) in [5, 5.41) is 2.41. The van der Waals surface area contributed by atoms with Gasteiger partial charge < -0.3 is 4.74 Å². The fourth-order valence-electron chi connectivity index (χ4n) is 2.97. The van der Waals surface area contributed by atoms with Crippen molar-refractivity contribution in [3.63, 3.8) is 0 Å². The molecule has 0 saturated carbocycles. The Hall–Kier alpha value is -2.09. The third kappa shape index (κ3) is 2.22. The van der Waals surface area contributed by atoms with E-state index in [0.29, 0.717) is 6.61 Å². The first-order valence-corrected chi connectivity index (χ1v) is 7.16.